The lowest BCUT2D eigenvalue weighted by Gasteiger charge is -2.04. The molecule has 3 aromatic rings. The number of aromatic nitrogens is 1. The minimum atomic E-state index is -0.701. The zero-order chi connectivity index (χ0) is 14.8. The SMILES string of the molecule is O=C(Nc1cc(Cl)ccn1)c1cc2ccccc2oc1=O. The second-order valence-electron chi connectivity index (χ2n) is 4.30. The number of anilines is 1. The summed E-state index contributed by atoms with van der Waals surface area (Å²) in [4.78, 5) is 27.9. The molecule has 1 N–H and O–H groups in total. The fourth-order valence-corrected chi connectivity index (χ4v) is 2.04. The van der Waals surface area contributed by atoms with Crippen LogP contribution in [-0.2, 0) is 0 Å². The number of carbonyl (C=O) groups excluding carboxylic acids is 1. The molecule has 0 aliphatic rings. The van der Waals surface area contributed by atoms with E-state index in [4.69, 9.17) is 16.0 Å². The zero-order valence-electron chi connectivity index (χ0n) is 10.7. The number of halogens is 1. The molecule has 0 aliphatic heterocycles. The van der Waals surface area contributed by atoms with E-state index in [1.165, 1.54) is 18.3 Å². The molecule has 3 rings (SSSR count). The second-order valence-corrected chi connectivity index (χ2v) is 4.74. The highest BCUT2D eigenvalue weighted by Crippen LogP contribution is 2.15. The van der Waals surface area contributed by atoms with Crippen molar-refractivity contribution in [3.8, 4) is 0 Å². The lowest BCUT2D eigenvalue weighted by Crippen LogP contribution is -2.21. The summed E-state index contributed by atoms with van der Waals surface area (Å²) in [5, 5.41) is 3.61. The summed E-state index contributed by atoms with van der Waals surface area (Å²) in [6.07, 6.45) is 1.46. The van der Waals surface area contributed by atoms with Crippen LogP contribution in [0.2, 0.25) is 5.02 Å². The van der Waals surface area contributed by atoms with E-state index in [1.54, 1.807) is 30.3 Å². The fraction of sp³-hybridized carbons (Fsp3) is 0. The molecule has 104 valence electrons. The molecule has 0 spiro atoms. The van der Waals surface area contributed by atoms with E-state index in [2.05, 4.69) is 10.3 Å². The zero-order valence-corrected chi connectivity index (χ0v) is 11.4. The summed E-state index contributed by atoms with van der Waals surface area (Å²) in [6.45, 7) is 0. The van der Waals surface area contributed by atoms with Gasteiger partial charge in [-0.05, 0) is 24.3 Å². The van der Waals surface area contributed by atoms with Crippen molar-refractivity contribution in [1.82, 2.24) is 4.98 Å². The first-order valence-electron chi connectivity index (χ1n) is 6.09. The van der Waals surface area contributed by atoms with Crippen LogP contribution in [0.15, 0.2) is 57.9 Å². The van der Waals surface area contributed by atoms with Gasteiger partial charge in [0.25, 0.3) is 5.91 Å². The van der Waals surface area contributed by atoms with Gasteiger partial charge in [-0.15, -0.1) is 0 Å². The lowest BCUT2D eigenvalue weighted by atomic mass is 10.2. The maximum Gasteiger partial charge on any atom is 0.349 e. The number of fused-ring (bicyclic) bond motifs is 1. The van der Waals surface area contributed by atoms with Gasteiger partial charge in [0.1, 0.15) is 17.0 Å². The van der Waals surface area contributed by atoms with Crippen molar-refractivity contribution in [1.29, 1.82) is 0 Å². The van der Waals surface area contributed by atoms with Crippen molar-refractivity contribution < 1.29 is 9.21 Å². The van der Waals surface area contributed by atoms with Gasteiger partial charge in [0.15, 0.2) is 0 Å². The lowest BCUT2D eigenvalue weighted by molar-refractivity contribution is 0.102. The van der Waals surface area contributed by atoms with Crippen LogP contribution < -0.4 is 10.9 Å². The molecular weight excluding hydrogens is 292 g/mol. The van der Waals surface area contributed by atoms with Crippen LogP contribution >= 0.6 is 11.6 Å². The monoisotopic (exact) mass is 300 g/mol. The topological polar surface area (TPSA) is 72.2 Å². The number of benzene rings is 1. The van der Waals surface area contributed by atoms with Crippen LogP contribution in [0.3, 0.4) is 0 Å². The Morgan fingerprint density at radius 1 is 1.19 bits per heavy atom. The van der Waals surface area contributed by atoms with Gasteiger partial charge < -0.3 is 9.73 Å². The van der Waals surface area contributed by atoms with Gasteiger partial charge in [0, 0.05) is 16.6 Å². The summed E-state index contributed by atoms with van der Waals surface area (Å²) in [6, 6.07) is 11.5. The Bertz CT molecular complexity index is 889. The standard InChI is InChI=1S/C15H9ClN2O3/c16-10-5-6-17-13(8-10)18-14(19)11-7-9-3-1-2-4-12(9)21-15(11)20/h1-8H,(H,17,18,19). The number of hydrogen-bond donors (Lipinski definition) is 1. The minimum Gasteiger partial charge on any atom is -0.422 e. The molecule has 0 radical (unpaired) electrons. The number of carbonyl (C=O) groups is 1. The maximum absolute atomic E-state index is 12.1. The molecule has 2 heterocycles. The average molecular weight is 301 g/mol. The van der Waals surface area contributed by atoms with E-state index in [0.717, 1.165) is 0 Å². The Hall–Kier alpha value is -2.66. The van der Waals surface area contributed by atoms with E-state index in [1.807, 2.05) is 0 Å². The van der Waals surface area contributed by atoms with Gasteiger partial charge in [-0.2, -0.15) is 0 Å². The van der Waals surface area contributed by atoms with Crippen molar-refractivity contribution in [2.45, 2.75) is 0 Å². The number of pyridine rings is 1. The van der Waals surface area contributed by atoms with Crippen LogP contribution in [0.4, 0.5) is 5.82 Å². The molecule has 0 saturated carbocycles. The summed E-state index contributed by atoms with van der Waals surface area (Å²) >= 11 is 5.81. The molecule has 0 bridgehead atoms. The molecule has 2 aromatic heterocycles. The molecule has 6 heteroatoms. The number of rotatable bonds is 2. The summed E-state index contributed by atoms with van der Waals surface area (Å²) < 4.78 is 5.11. The second kappa shape index (κ2) is 5.38. The van der Waals surface area contributed by atoms with Crippen molar-refractivity contribution in [3.05, 3.63) is 69.7 Å². The molecule has 0 atom stereocenters. The Labute approximate surface area is 124 Å². The summed E-state index contributed by atoms with van der Waals surface area (Å²) in [7, 11) is 0. The van der Waals surface area contributed by atoms with E-state index in [0.29, 0.717) is 16.0 Å². The normalized spacial score (nSPS) is 10.5. The molecule has 0 unspecified atom stereocenters. The molecule has 5 nitrogen and oxygen atoms in total. The van der Waals surface area contributed by atoms with Crippen LogP contribution in [-0.4, -0.2) is 10.9 Å². The third-order valence-corrected chi connectivity index (χ3v) is 3.08. The van der Waals surface area contributed by atoms with Gasteiger partial charge in [0.05, 0.1) is 0 Å². The Morgan fingerprint density at radius 3 is 2.81 bits per heavy atom. The maximum atomic E-state index is 12.1. The van der Waals surface area contributed by atoms with Crippen LogP contribution in [0.25, 0.3) is 11.0 Å². The minimum absolute atomic E-state index is 0.0875. The molecule has 1 amide bonds. The van der Waals surface area contributed by atoms with Crippen LogP contribution in [0.1, 0.15) is 10.4 Å². The Kier molecular flexibility index (Phi) is 3.41. The Morgan fingerprint density at radius 2 is 2.00 bits per heavy atom. The highest BCUT2D eigenvalue weighted by Gasteiger charge is 2.14. The van der Waals surface area contributed by atoms with Crippen LogP contribution in [0, 0.1) is 0 Å². The molecular formula is C15H9ClN2O3. The smallest absolute Gasteiger partial charge is 0.349 e. The van der Waals surface area contributed by atoms with E-state index in [9.17, 15) is 9.59 Å². The highest BCUT2D eigenvalue weighted by molar-refractivity contribution is 6.30. The third-order valence-electron chi connectivity index (χ3n) is 2.85. The first-order valence-corrected chi connectivity index (χ1v) is 6.47. The van der Waals surface area contributed by atoms with Gasteiger partial charge in [-0.25, -0.2) is 9.78 Å². The summed E-state index contributed by atoms with van der Waals surface area (Å²) in [5.41, 5.74) is -0.358. The van der Waals surface area contributed by atoms with E-state index >= 15 is 0 Å². The highest BCUT2D eigenvalue weighted by atomic mass is 35.5. The molecule has 21 heavy (non-hydrogen) atoms. The number of nitrogens with one attached hydrogen (secondary N) is 1. The summed E-state index contributed by atoms with van der Waals surface area (Å²) in [5.74, 6) is -0.329. The van der Waals surface area contributed by atoms with Crippen molar-refractivity contribution in [2.75, 3.05) is 5.32 Å². The first-order chi connectivity index (χ1) is 10.1. The molecule has 0 fully saturated rings. The molecule has 0 aliphatic carbocycles. The van der Waals surface area contributed by atoms with Gasteiger partial charge in [-0.1, -0.05) is 29.8 Å². The fourth-order valence-electron chi connectivity index (χ4n) is 1.88. The quantitative estimate of drug-likeness (QED) is 0.738. The molecule has 0 saturated heterocycles. The number of nitrogens with zero attached hydrogens (tertiary/aromatic N) is 1. The first kappa shape index (κ1) is 13.3. The van der Waals surface area contributed by atoms with E-state index in [-0.39, 0.29) is 11.4 Å². The number of para-hydroxylation sites is 1. The van der Waals surface area contributed by atoms with Gasteiger partial charge in [-0.3, -0.25) is 4.79 Å². The van der Waals surface area contributed by atoms with Crippen LogP contribution in [0.5, 0.6) is 0 Å². The Balaban J connectivity index is 1.98. The predicted molar refractivity (Wildman–Crippen MR) is 79.7 cm³/mol. The van der Waals surface area contributed by atoms with Crippen molar-refractivity contribution >= 4 is 34.3 Å². The van der Waals surface area contributed by atoms with Gasteiger partial charge in [0.2, 0.25) is 0 Å². The number of hydrogen-bond acceptors (Lipinski definition) is 4. The van der Waals surface area contributed by atoms with Crippen molar-refractivity contribution in [3.63, 3.8) is 0 Å². The van der Waals surface area contributed by atoms with E-state index < -0.39 is 11.5 Å². The third kappa shape index (κ3) is 2.78. The average Bonchev–Trinajstić information content (AvgIpc) is 2.46. The van der Waals surface area contributed by atoms with Gasteiger partial charge >= 0.3 is 5.63 Å². The largest absolute Gasteiger partial charge is 0.422 e. The van der Waals surface area contributed by atoms with Crippen molar-refractivity contribution in [2.24, 2.45) is 0 Å². The molecule has 1 aromatic carbocycles. The predicted octanol–water partition coefficient (Wildman–Crippen LogP) is 3.09. The number of amides is 1.